The first kappa shape index (κ1) is 16.5. The summed E-state index contributed by atoms with van der Waals surface area (Å²) in [6.45, 7) is 1.79. The highest BCUT2D eigenvalue weighted by molar-refractivity contribution is 7.98. The molecule has 0 saturated carbocycles. The number of thioether (sulfide) groups is 1. The number of carbonyl (C=O) groups excluding carboxylic acids is 2. The lowest BCUT2D eigenvalue weighted by Gasteiger charge is -2.18. The average molecular weight is 296 g/mol. The Morgan fingerprint density at radius 1 is 1.40 bits per heavy atom. The number of hydrogen-bond acceptors (Lipinski definition) is 5. The Morgan fingerprint density at radius 2 is 2.15 bits per heavy atom. The Bertz CT molecular complexity index is 465. The summed E-state index contributed by atoms with van der Waals surface area (Å²) in [5.41, 5.74) is 0.667. The Kier molecular flexibility index (Phi) is 7.11. The number of phenols is 1. The normalized spacial score (nSPS) is 11.9. The number of amides is 1. The molecule has 1 aromatic rings. The van der Waals surface area contributed by atoms with Crippen molar-refractivity contribution in [3.8, 4) is 5.75 Å². The lowest BCUT2D eigenvalue weighted by atomic mass is 10.1. The van der Waals surface area contributed by atoms with Gasteiger partial charge < -0.3 is 10.4 Å². The second-order valence-corrected chi connectivity index (χ2v) is 5.14. The molecule has 0 aliphatic carbocycles. The first-order valence-corrected chi connectivity index (χ1v) is 7.78. The minimum Gasteiger partial charge on any atom is -0.508 e. The molecule has 6 heteroatoms. The van der Waals surface area contributed by atoms with Crippen LogP contribution in [0.4, 0.5) is 0 Å². The monoisotopic (exact) mass is 296 g/mol. The summed E-state index contributed by atoms with van der Waals surface area (Å²) in [5, 5.41) is 15.2. The van der Waals surface area contributed by atoms with Crippen molar-refractivity contribution in [2.24, 2.45) is 0 Å². The highest BCUT2D eigenvalue weighted by atomic mass is 32.2. The van der Waals surface area contributed by atoms with Crippen molar-refractivity contribution in [2.75, 3.05) is 18.7 Å². The van der Waals surface area contributed by atoms with Crippen LogP contribution in [0.25, 0.3) is 0 Å². The van der Waals surface area contributed by atoms with Crippen molar-refractivity contribution in [2.45, 2.75) is 19.4 Å². The molecule has 1 atom stereocenters. The van der Waals surface area contributed by atoms with Crippen LogP contribution in [0.5, 0.6) is 5.75 Å². The second-order valence-electron chi connectivity index (χ2n) is 4.28. The largest absolute Gasteiger partial charge is 0.508 e. The van der Waals surface area contributed by atoms with E-state index in [2.05, 4.69) is 10.6 Å². The van der Waals surface area contributed by atoms with Crippen molar-refractivity contribution >= 4 is 23.5 Å². The zero-order valence-corrected chi connectivity index (χ0v) is 12.5. The highest BCUT2D eigenvalue weighted by Crippen LogP contribution is 2.19. The lowest BCUT2D eigenvalue weighted by molar-refractivity contribution is -0.126. The fourth-order valence-corrected chi connectivity index (χ4v) is 1.98. The molecule has 3 N–H and O–H groups in total. The summed E-state index contributed by atoms with van der Waals surface area (Å²) in [4.78, 5) is 23.4. The summed E-state index contributed by atoms with van der Waals surface area (Å²) in [6, 6.07) is 5.95. The molecule has 0 aliphatic rings. The van der Waals surface area contributed by atoms with Crippen LogP contribution >= 0.6 is 11.8 Å². The predicted octanol–water partition coefficient (Wildman–Crippen LogP) is 1.44. The van der Waals surface area contributed by atoms with Crippen molar-refractivity contribution in [3.05, 3.63) is 29.8 Å². The van der Waals surface area contributed by atoms with Gasteiger partial charge in [-0.1, -0.05) is 19.1 Å². The maximum atomic E-state index is 12.2. The number of carbonyl (C=O) groups is 2. The van der Waals surface area contributed by atoms with Crippen molar-refractivity contribution in [1.29, 1.82) is 0 Å². The third-order valence-electron chi connectivity index (χ3n) is 2.75. The van der Waals surface area contributed by atoms with Gasteiger partial charge in [0.25, 0.3) is 0 Å². The molecule has 1 unspecified atom stereocenters. The van der Waals surface area contributed by atoms with Crippen LogP contribution in [0.2, 0.25) is 0 Å². The van der Waals surface area contributed by atoms with Gasteiger partial charge in [0.05, 0.1) is 6.54 Å². The van der Waals surface area contributed by atoms with E-state index in [1.807, 2.05) is 6.26 Å². The fraction of sp³-hybridized carbons (Fsp3) is 0.429. The molecule has 0 aliphatic heterocycles. The molecule has 1 rings (SSSR count). The molecule has 0 aromatic heterocycles. The third-order valence-corrected chi connectivity index (χ3v) is 3.21. The summed E-state index contributed by atoms with van der Waals surface area (Å²) in [7, 11) is 0. The van der Waals surface area contributed by atoms with Crippen LogP contribution < -0.4 is 10.6 Å². The summed E-state index contributed by atoms with van der Waals surface area (Å²) in [6.07, 6.45) is 2.32. The minimum atomic E-state index is -0.584. The van der Waals surface area contributed by atoms with E-state index in [0.29, 0.717) is 17.9 Å². The smallest absolute Gasteiger partial charge is 0.242 e. The van der Waals surface area contributed by atoms with Gasteiger partial charge in [-0.2, -0.15) is 0 Å². The molecular formula is C14H20N2O3S. The summed E-state index contributed by atoms with van der Waals surface area (Å²) >= 11 is 1.55. The number of phenolic OH excluding ortho intramolecular Hbond substituents is 1. The van der Waals surface area contributed by atoms with E-state index in [1.54, 1.807) is 43.0 Å². The van der Waals surface area contributed by atoms with E-state index < -0.39 is 6.04 Å². The summed E-state index contributed by atoms with van der Waals surface area (Å²) < 4.78 is 0. The van der Waals surface area contributed by atoms with Gasteiger partial charge in [0, 0.05) is 12.3 Å². The Hall–Kier alpha value is -1.53. The molecule has 0 fully saturated rings. The third kappa shape index (κ3) is 5.22. The van der Waals surface area contributed by atoms with Gasteiger partial charge >= 0.3 is 0 Å². The number of Topliss-reactive ketones (excluding diaryl/α,β-unsaturated/α-hetero) is 1. The van der Waals surface area contributed by atoms with Crippen LogP contribution in [0.3, 0.4) is 0 Å². The molecule has 0 radical (unpaired) electrons. The maximum absolute atomic E-state index is 12.2. The van der Waals surface area contributed by atoms with Crippen molar-refractivity contribution < 1.29 is 14.7 Å². The molecule has 110 valence electrons. The Balaban J connectivity index is 2.77. The zero-order chi connectivity index (χ0) is 15.0. The number of hydrogen-bond donors (Lipinski definition) is 3. The minimum absolute atomic E-state index is 0.0159. The molecular weight excluding hydrogens is 276 g/mol. The SMILES string of the molecule is CCC(=O)CNC(=O)C(NCSC)c1cccc(O)c1. The number of nitrogens with one attached hydrogen (secondary N) is 2. The van der Waals surface area contributed by atoms with Gasteiger partial charge in [0.1, 0.15) is 11.8 Å². The van der Waals surface area contributed by atoms with E-state index in [4.69, 9.17) is 0 Å². The van der Waals surface area contributed by atoms with Gasteiger partial charge in [-0.25, -0.2) is 0 Å². The van der Waals surface area contributed by atoms with E-state index in [9.17, 15) is 14.7 Å². The molecule has 5 nitrogen and oxygen atoms in total. The number of rotatable bonds is 8. The van der Waals surface area contributed by atoms with E-state index in [0.717, 1.165) is 0 Å². The first-order valence-electron chi connectivity index (χ1n) is 6.39. The molecule has 1 aromatic carbocycles. The number of ketones is 1. The van der Waals surface area contributed by atoms with Gasteiger partial charge in [0.2, 0.25) is 5.91 Å². The zero-order valence-electron chi connectivity index (χ0n) is 11.7. The molecule has 0 bridgehead atoms. The summed E-state index contributed by atoms with van der Waals surface area (Å²) in [5.74, 6) is 0.412. The van der Waals surface area contributed by atoms with Crippen molar-refractivity contribution in [3.63, 3.8) is 0 Å². The van der Waals surface area contributed by atoms with Gasteiger partial charge in [0.15, 0.2) is 5.78 Å². The number of benzene rings is 1. The Morgan fingerprint density at radius 3 is 2.75 bits per heavy atom. The number of aromatic hydroxyl groups is 1. The molecule has 0 saturated heterocycles. The van der Waals surface area contributed by atoms with Crippen LogP contribution in [0, 0.1) is 0 Å². The molecule has 0 heterocycles. The van der Waals surface area contributed by atoms with Crippen LogP contribution in [0.1, 0.15) is 24.9 Å². The van der Waals surface area contributed by atoms with Gasteiger partial charge in [-0.05, 0) is 24.0 Å². The average Bonchev–Trinajstić information content (AvgIpc) is 2.45. The molecule has 20 heavy (non-hydrogen) atoms. The first-order chi connectivity index (χ1) is 9.58. The standard InChI is InChI=1S/C14H20N2O3S/c1-3-11(17)8-15-14(19)13(16-9-20-2)10-5-4-6-12(18)7-10/h4-7,13,16,18H,3,8-9H2,1-2H3,(H,15,19). The van der Waals surface area contributed by atoms with E-state index in [1.165, 1.54) is 0 Å². The highest BCUT2D eigenvalue weighted by Gasteiger charge is 2.20. The van der Waals surface area contributed by atoms with Crippen LogP contribution in [0.15, 0.2) is 24.3 Å². The quantitative estimate of drug-likeness (QED) is 0.633. The Labute approximate surface area is 123 Å². The predicted molar refractivity (Wildman–Crippen MR) is 80.7 cm³/mol. The topological polar surface area (TPSA) is 78.4 Å². The van der Waals surface area contributed by atoms with Crippen LogP contribution in [-0.4, -0.2) is 35.5 Å². The lowest BCUT2D eigenvalue weighted by Crippen LogP contribution is -2.39. The second kappa shape index (κ2) is 8.60. The maximum Gasteiger partial charge on any atom is 0.242 e. The van der Waals surface area contributed by atoms with Gasteiger partial charge in [-0.3, -0.25) is 14.9 Å². The molecule has 1 amide bonds. The fourth-order valence-electron chi connectivity index (χ4n) is 1.65. The van der Waals surface area contributed by atoms with Crippen LogP contribution in [-0.2, 0) is 9.59 Å². The van der Waals surface area contributed by atoms with E-state index in [-0.39, 0.29) is 24.0 Å². The van der Waals surface area contributed by atoms with Gasteiger partial charge in [-0.15, -0.1) is 11.8 Å². The van der Waals surface area contributed by atoms with E-state index >= 15 is 0 Å². The molecule has 0 spiro atoms. The van der Waals surface area contributed by atoms with Crippen molar-refractivity contribution in [1.82, 2.24) is 10.6 Å².